The number of fused-ring (bicyclic) bond motifs is 1. The van der Waals surface area contributed by atoms with Crippen LogP contribution in [0.2, 0.25) is 0 Å². The monoisotopic (exact) mass is 311 g/mol. The van der Waals surface area contributed by atoms with E-state index in [4.69, 9.17) is 4.74 Å². The van der Waals surface area contributed by atoms with Gasteiger partial charge in [-0.2, -0.15) is 0 Å². The summed E-state index contributed by atoms with van der Waals surface area (Å²) in [6, 6.07) is 7.63. The molecule has 1 aliphatic rings. The summed E-state index contributed by atoms with van der Waals surface area (Å²) in [4.78, 5) is 0.479. The van der Waals surface area contributed by atoms with Crippen molar-refractivity contribution in [2.24, 2.45) is 5.92 Å². The zero-order chi connectivity index (χ0) is 15.5. The maximum Gasteiger partial charge on any atom is 0.178 e. The van der Waals surface area contributed by atoms with Gasteiger partial charge in [0, 0.05) is 18.7 Å². The minimum Gasteiger partial charge on any atom is -0.380 e. The number of benzene rings is 1. The normalized spacial score (nSPS) is 22.0. The summed E-state index contributed by atoms with van der Waals surface area (Å²) in [5.41, 5.74) is 0.894. The summed E-state index contributed by atoms with van der Waals surface area (Å²) in [5.74, 6) is 0.642. The Balaban J connectivity index is 2.21. The molecule has 0 bridgehead atoms. The molecule has 2 unspecified atom stereocenters. The molecule has 1 N–H and O–H groups in total. The zero-order valence-electron chi connectivity index (χ0n) is 13.0. The molecule has 0 amide bonds. The minimum atomic E-state index is -3.12. The highest BCUT2D eigenvalue weighted by molar-refractivity contribution is 7.91. The van der Waals surface area contributed by atoms with Crippen LogP contribution in [0.5, 0.6) is 0 Å². The van der Waals surface area contributed by atoms with Crippen LogP contribution in [0.3, 0.4) is 0 Å². The smallest absolute Gasteiger partial charge is 0.178 e. The molecule has 2 rings (SSSR count). The van der Waals surface area contributed by atoms with Crippen molar-refractivity contribution >= 4 is 9.84 Å². The van der Waals surface area contributed by atoms with E-state index in [0.717, 1.165) is 5.56 Å². The minimum absolute atomic E-state index is 0.0811. The van der Waals surface area contributed by atoms with Gasteiger partial charge in [-0.3, -0.25) is 0 Å². The molecule has 1 heterocycles. The van der Waals surface area contributed by atoms with E-state index >= 15 is 0 Å². The number of hydrogen-bond acceptors (Lipinski definition) is 4. The van der Waals surface area contributed by atoms with Crippen LogP contribution in [0.4, 0.5) is 0 Å². The second kappa shape index (κ2) is 6.90. The first-order chi connectivity index (χ1) is 9.95. The first kappa shape index (κ1) is 16.5. The van der Waals surface area contributed by atoms with Gasteiger partial charge in [0.1, 0.15) is 0 Å². The molecule has 0 radical (unpaired) electrons. The number of nitrogens with one attached hydrogen (secondary N) is 1. The van der Waals surface area contributed by atoms with Crippen LogP contribution in [-0.2, 0) is 14.6 Å². The van der Waals surface area contributed by atoms with E-state index in [2.05, 4.69) is 19.2 Å². The van der Waals surface area contributed by atoms with Crippen molar-refractivity contribution in [1.29, 1.82) is 0 Å². The van der Waals surface area contributed by atoms with Crippen molar-refractivity contribution in [3.63, 3.8) is 0 Å². The van der Waals surface area contributed by atoms with E-state index in [1.54, 1.807) is 12.1 Å². The van der Waals surface area contributed by atoms with Crippen molar-refractivity contribution in [3.8, 4) is 0 Å². The van der Waals surface area contributed by atoms with E-state index in [-0.39, 0.29) is 17.8 Å². The fourth-order valence-electron chi connectivity index (χ4n) is 2.70. The molecule has 1 aromatic carbocycles. The Morgan fingerprint density at radius 2 is 2.05 bits per heavy atom. The number of hydrogen-bond donors (Lipinski definition) is 1. The summed E-state index contributed by atoms with van der Waals surface area (Å²) < 4.78 is 29.9. The molecular formula is C16H25NO3S. The molecule has 0 aromatic heterocycles. The van der Waals surface area contributed by atoms with Gasteiger partial charge in [-0.1, -0.05) is 32.0 Å². The van der Waals surface area contributed by atoms with E-state index in [1.165, 1.54) is 0 Å². The van der Waals surface area contributed by atoms with E-state index in [9.17, 15) is 8.42 Å². The molecule has 4 nitrogen and oxygen atoms in total. The summed E-state index contributed by atoms with van der Waals surface area (Å²) in [6.45, 7) is 7.64. The molecule has 2 atom stereocenters. The van der Waals surface area contributed by atoms with E-state index in [0.29, 0.717) is 30.4 Å². The lowest BCUT2D eigenvalue weighted by molar-refractivity contribution is 0.103. The third kappa shape index (κ3) is 3.84. The Labute approximate surface area is 127 Å². The summed E-state index contributed by atoms with van der Waals surface area (Å²) in [7, 11) is -3.12. The average molecular weight is 311 g/mol. The van der Waals surface area contributed by atoms with Crippen molar-refractivity contribution < 1.29 is 13.2 Å². The van der Waals surface area contributed by atoms with Crippen LogP contribution < -0.4 is 5.32 Å². The standard InChI is InChI=1S/C16H25NO3S/c1-4-20-11-15(12(2)3)17-14-9-10-21(18,19)16-8-6-5-7-13(14)16/h5-8,12,14-15,17H,4,9-11H2,1-3H3. The van der Waals surface area contributed by atoms with Gasteiger partial charge in [0.25, 0.3) is 0 Å². The second-order valence-electron chi connectivity index (χ2n) is 5.87. The van der Waals surface area contributed by atoms with Crippen molar-refractivity contribution in [2.45, 2.75) is 44.2 Å². The lowest BCUT2D eigenvalue weighted by Crippen LogP contribution is -2.42. The fraction of sp³-hybridized carbons (Fsp3) is 0.625. The predicted octanol–water partition coefficient (Wildman–Crippen LogP) is 2.56. The van der Waals surface area contributed by atoms with Crippen molar-refractivity contribution in [3.05, 3.63) is 29.8 Å². The van der Waals surface area contributed by atoms with Crippen LogP contribution >= 0.6 is 0 Å². The Hall–Kier alpha value is -0.910. The van der Waals surface area contributed by atoms with Gasteiger partial charge in [0.15, 0.2) is 9.84 Å². The molecule has 1 aromatic rings. The molecule has 21 heavy (non-hydrogen) atoms. The quantitative estimate of drug-likeness (QED) is 0.877. The van der Waals surface area contributed by atoms with Gasteiger partial charge in [-0.25, -0.2) is 8.42 Å². The Kier molecular flexibility index (Phi) is 5.41. The van der Waals surface area contributed by atoms with Gasteiger partial charge < -0.3 is 10.1 Å². The van der Waals surface area contributed by atoms with Crippen LogP contribution in [0.1, 0.15) is 38.8 Å². The molecule has 118 valence electrons. The molecule has 0 saturated heterocycles. The largest absolute Gasteiger partial charge is 0.380 e. The van der Waals surface area contributed by atoms with Gasteiger partial charge in [0.05, 0.1) is 17.3 Å². The van der Waals surface area contributed by atoms with Crippen molar-refractivity contribution in [2.75, 3.05) is 19.0 Å². The highest BCUT2D eigenvalue weighted by Crippen LogP contribution is 2.32. The zero-order valence-corrected chi connectivity index (χ0v) is 13.8. The van der Waals surface area contributed by atoms with Crippen LogP contribution in [0.25, 0.3) is 0 Å². The lowest BCUT2D eigenvalue weighted by Gasteiger charge is -2.32. The van der Waals surface area contributed by atoms with Crippen LogP contribution in [-0.4, -0.2) is 33.4 Å². The molecular weight excluding hydrogens is 286 g/mol. The van der Waals surface area contributed by atoms with Gasteiger partial charge in [0.2, 0.25) is 0 Å². The number of rotatable bonds is 6. The average Bonchev–Trinajstić information content (AvgIpc) is 2.45. The lowest BCUT2D eigenvalue weighted by atomic mass is 9.99. The van der Waals surface area contributed by atoms with Gasteiger partial charge >= 0.3 is 0 Å². The summed E-state index contributed by atoms with van der Waals surface area (Å²) in [5, 5.41) is 3.59. The molecule has 0 saturated carbocycles. The number of sulfone groups is 1. The molecule has 0 spiro atoms. The predicted molar refractivity (Wildman–Crippen MR) is 84.1 cm³/mol. The third-order valence-corrected chi connectivity index (χ3v) is 5.84. The Morgan fingerprint density at radius 1 is 1.33 bits per heavy atom. The SMILES string of the molecule is CCOCC(NC1CCS(=O)(=O)c2ccccc21)C(C)C. The van der Waals surface area contributed by atoms with Gasteiger partial charge in [-0.15, -0.1) is 0 Å². The molecule has 0 aliphatic carbocycles. The highest BCUT2D eigenvalue weighted by atomic mass is 32.2. The second-order valence-corrected chi connectivity index (χ2v) is 7.95. The maximum absolute atomic E-state index is 12.2. The molecule has 5 heteroatoms. The summed E-state index contributed by atoms with van der Waals surface area (Å²) >= 11 is 0. The van der Waals surface area contributed by atoms with Crippen molar-refractivity contribution in [1.82, 2.24) is 5.32 Å². The third-order valence-electron chi connectivity index (χ3n) is 4.03. The highest BCUT2D eigenvalue weighted by Gasteiger charge is 2.31. The molecule has 1 aliphatic heterocycles. The van der Waals surface area contributed by atoms with Crippen LogP contribution in [0, 0.1) is 5.92 Å². The fourth-order valence-corrected chi connectivity index (χ4v) is 4.32. The molecule has 0 fully saturated rings. The maximum atomic E-state index is 12.2. The van der Waals surface area contributed by atoms with E-state index < -0.39 is 9.84 Å². The van der Waals surface area contributed by atoms with Gasteiger partial charge in [-0.05, 0) is 30.9 Å². The first-order valence-electron chi connectivity index (χ1n) is 7.61. The topological polar surface area (TPSA) is 55.4 Å². The number of ether oxygens (including phenoxy) is 1. The summed E-state index contributed by atoms with van der Waals surface area (Å²) in [6.07, 6.45) is 0.620. The first-order valence-corrected chi connectivity index (χ1v) is 9.26. The Morgan fingerprint density at radius 3 is 2.71 bits per heavy atom. The van der Waals surface area contributed by atoms with E-state index in [1.807, 2.05) is 19.1 Å². The Bertz CT molecular complexity index is 569. The van der Waals surface area contributed by atoms with Crippen LogP contribution in [0.15, 0.2) is 29.2 Å².